The maximum atomic E-state index is 11.7. The summed E-state index contributed by atoms with van der Waals surface area (Å²) in [5, 5.41) is 8.99. The molecule has 1 fully saturated rings. The fourth-order valence-corrected chi connectivity index (χ4v) is 3.76. The summed E-state index contributed by atoms with van der Waals surface area (Å²) in [6, 6.07) is 0. The number of hydrogen-bond donors (Lipinski definition) is 1. The van der Waals surface area contributed by atoms with Gasteiger partial charge in [0.15, 0.2) is 10.8 Å². The number of fused-ring (bicyclic) bond motifs is 1. The van der Waals surface area contributed by atoms with Crippen LogP contribution >= 0.6 is 11.8 Å². The zero-order valence-corrected chi connectivity index (χ0v) is 17.3. The van der Waals surface area contributed by atoms with Crippen molar-refractivity contribution < 1.29 is 14.3 Å². The predicted octanol–water partition coefficient (Wildman–Crippen LogP) is 1.61. The molecule has 28 heavy (non-hydrogen) atoms. The average molecular weight is 407 g/mol. The zero-order chi connectivity index (χ0) is 20.1. The lowest BCUT2D eigenvalue weighted by molar-refractivity contribution is -0.154. The first-order valence-corrected chi connectivity index (χ1v) is 10.5. The van der Waals surface area contributed by atoms with E-state index in [0.29, 0.717) is 11.8 Å². The van der Waals surface area contributed by atoms with E-state index in [2.05, 4.69) is 33.9 Å². The Labute approximate surface area is 168 Å². The van der Waals surface area contributed by atoms with Crippen molar-refractivity contribution in [3.05, 3.63) is 6.20 Å². The number of ether oxygens (including phenoxy) is 1. The summed E-state index contributed by atoms with van der Waals surface area (Å²) >= 11 is 1.62. The molecule has 0 bridgehead atoms. The smallest absolute Gasteiger partial charge is 0.396 e. The van der Waals surface area contributed by atoms with Crippen molar-refractivity contribution in [3.8, 4) is 0 Å². The van der Waals surface area contributed by atoms with E-state index in [1.807, 2.05) is 0 Å². The van der Waals surface area contributed by atoms with Crippen molar-refractivity contribution in [2.24, 2.45) is 0 Å². The number of aromatic nitrogens is 4. The number of thioether (sulfide) groups is 1. The number of carbonyl (C=O) groups is 2. The molecule has 0 spiro atoms. The molecule has 0 saturated carbocycles. The molecule has 1 aliphatic rings. The maximum Gasteiger partial charge on any atom is 0.396 e. The minimum Gasteiger partial charge on any atom is -0.459 e. The predicted molar refractivity (Wildman–Crippen MR) is 107 cm³/mol. The minimum atomic E-state index is -0.873. The van der Waals surface area contributed by atoms with Crippen LogP contribution in [0.5, 0.6) is 0 Å². The van der Waals surface area contributed by atoms with Gasteiger partial charge < -0.3 is 15.0 Å². The Morgan fingerprint density at radius 3 is 2.71 bits per heavy atom. The Hall–Kier alpha value is -2.36. The van der Waals surface area contributed by atoms with Crippen LogP contribution in [0.2, 0.25) is 0 Å². The van der Waals surface area contributed by atoms with Gasteiger partial charge in [0.25, 0.3) is 0 Å². The average Bonchev–Trinajstić information content (AvgIpc) is 3.31. The molecule has 3 rings (SSSR count). The monoisotopic (exact) mass is 406 g/mol. The van der Waals surface area contributed by atoms with Crippen LogP contribution in [0.1, 0.15) is 33.6 Å². The molecule has 1 saturated heterocycles. The molecule has 1 amide bonds. The van der Waals surface area contributed by atoms with Crippen molar-refractivity contribution >= 4 is 40.5 Å². The highest BCUT2D eigenvalue weighted by Gasteiger charge is 2.21. The van der Waals surface area contributed by atoms with E-state index in [4.69, 9.17) is 9.97 Å². The molecule has 1 aliphatic heterocycles. The minimum absolute atomic E-state index is 0.169. The van der Waals surface area contributed by atoms with Gasteiger partial charge in [0.2, 0.25) is 0 Å². The van der Waals surface area contributed by atoms with E-state index in [9.17, 15) is 9.59 Å². The van der Waals surface area contributed by atoms with Gasteiger partial charge >= 0.3 is 11.9 Å². The van der Waals surface area contributed by atoms with Crippen LogP contribution in [-0.2, 0) is 20.9 Å². The highest BCUT2D eigenvalue weighted by Crippen LogP contribution is 2.30. The fourth-order valence-electron chi connectivity index (χ4n) is 3.06. The zero-order valence-electron chi connectivity index (χ0n) is 16.5. The van der Waals surface area contributed by atoms with Gasteiger partial charge in [-0.25, -0.2) is 19.4 Å². The second-order valence-corrected chi connectivity index (χ2v) is 8.32. The molecule has 1 N–H and O–H groups in total. The van der Waals surface area contributed by atoms with Gasteiger partial charge in [-0.2, -0.15) is 5.10 Å². The van der Waals surface area contributed by atoms with Crippen LogP contribution in [0.25, 0.3) is 11.0 Å². The topological polar surface area (TPSA) is 102 Å². The van der Waals surface area contributed by atoms with E-state index >= 15 is 0 Å². The summed E-state index contributed by atoms with van der Waals surface area (Å²) in [5.41, 5.74) is 0.741. The molecule has 10 heteroatoms. The second kappa shape index (κ2) is 9.22. The Kier molecular flexibility index (Phi) is 6.71. The molecular formula is C18H26N6O3S. The Bertz CT molecular complexity index is 847. The van der Waals surface area contributed by atoms with Crippen molar-refractivity contribution in [1.82, 2.24) is 25.1 Å². The molecule has 3 heterocycles. The quantitative estimate of drug-likeness (QED) is 0.320. The molecule has 0 aliphatic carbocycles. The van der Waals surface area contributed by atoms with Crippen molar-refractivity contribution in [2.45, 2.75) is 50.6 Å². The number of amides is 1. The Morgan fingerprint density at radius 1 is 1.29 bits per heavy atom. The third kappa shape index (κ3) is 4.73. The number of esters is 1. The highest BCUT2D eigenvalue weighted by molar-refractivity contribution is 7.99. The molecule has 2 aromatic heterocycles. The number of nitrogens with one attached hydrogen (secondary N) is 1. The van der Waals surface area contributed by atoms with Gasteiger partial charge in [-0.05, 0) is 19.8 Å². The van der Waals surface area contributed by atoms with Crippen molar-refractivity contribution in [2.75, 3.05) is 31.1 Å². The van der Waals surface area contributed by atoms with Crippen LogP contribution < -0.4 is 10.2 Å². The van der Waals surface area contributed by atoms with Crippen LogP contribution in [0.3, 0.4) is 0 Å². The van der Waals surface area contributed by atoms with Gasteiger partial charge in [-0.1, -0.05) is 25.6 Å². The third-order valence-electron chi connectivity index (χ3n) is 4.27. The lowest BCUT2D eigenvalue weighted by Gasteiger charge is -2.18. The molecule has 152 valence electrons. The van der Waals surface area contributed by atoms with E-state index in [-0.39, 0.29) is 13.2 Å². The number of anilines is 1. The number of hydrogen-bond acceptors (Lipinski definition) is 8. The number of carbonyl (C=O) groups excluding carboxylic acids is 2. The molecule has 2 aromatic rings. The second-order valence-electron chi connectivity index (χ2n) is 6.77. The fraction of sp³-hybridized carbons (Fsp3) is 0.611. The first-order chi connectivity index (χ1) is 13.5. The molecule has 0 atom stereocenters. The van der Waals surface area contributed by atoms with Crippen LogP contribution in [0.15, 0.2) is 11.4 Å². The SMILES string of the molecule is CCOC(=O)C(=O)NCCn1ncc2c(N3CCCC3)nc(SC(C)C)nc21. The van der Waals surface area contributed by atoms with Gasteiger partial charge in [-0.3, -0.25) is 4.79 Å². The van der Waals surface area contributed by atoms with Crippen molar-refractivity contribution in [1.29, 1.82) is 0 Å². The molecule has 0 radical (unpaired) electrons. The first-order valence-electron chi connectivity index (χ1n) is 9.59. The van der Waals surface area contributed by atoms with E-state index < -0.39 is 11.9 Å². The van der Waals surface area contributed by atoms with Crippen LogP contribution in [0.4, 0.5) is 5.82 Å². The standard InChI is InChI=1S/C18H26N6O3S/c1-4-27-17(26)16(25)19-7-10-24-15-13(11-20-24)14(23-8-5-6-9-23)21-18(22-15)28-12(2)3/h11-12H,4-10H2,1-3H3,(H,19,25). The Balaban J connectivity index is 1.80. The number of nitrogens with zero attached hydrogens (tertiary/aromatic N) is 5. The van der Waals surface area contributed by atoms with Crippen molar-refractivity contribution in [3.63, 3.8) is 0 Å². The largest absolute Gasteiger partial charge is 0.459 e. The van der Waals surface area contributed by atoms with Gasteiger partial charge in [0.1, 0.15) is 5.82 Å². The lowest BCUT2D eigenvalue weighted by Crippen LogP contribution is -2.34. The van der Waals surface area contributed by atoms with E-state index in [0.717, 1.165) is 47.9 Å². The summed E-state index contributed by atoms with van der Waals surface area (Å²) < 4.78 is 6.43. The summed E-state index contributed by atoms with van der Waals surface area (Å²) in [7, 11) is 0. The van der Waals surface area contributed by atoms with Crippen LogP contribution in [-0.4, -0.2) is 63.1 Å². The van der Waals surface area contributed by atoms with Gasteiger partial charge in [-0.15, -0.1) is 0 Å². The van der Waals surface area contributed by atoms with Gasteiger partial charge in [0.05, 0.1) is 24.7 Å². The molecule has 0 aromatic carbocycles. The normalized spacial score (nSPS) is 14.1. The first kappa shape index (κ1) is 20.4. The molecule has 0 unspecified atom stereocenters. The summed E-state index contributed by atoms with van der Waals surface area (Å²) in [4.78, 5) is 34.8. The summed E-state index contributed by atoms with van der Waals surface area (Å²) in [6.45, 7) is 8.66. The maximum absolute atomic E-state index is 11.7. The highest BCUT2D eigenvalue weighted by atomic mass is 32.2. The van der Waals surface area contributed by atoms with Gasteiger partial charge in [0, 0.05) is 24.9 Å². The Morgan fingerprint density at radius 2 is 2.04 bits per heavy atom. The molecule has 9 nitrogen and oxygen atoms in total. The summed E-state index contributed by atoms with van der Waals surface area (Å²) in [6.07, 6.45) is 4.10. The summed E-state index contributed by atoms with van der Waals surface area (Å²) in [5.74, 6) is -0.698. The lowest BCUT2D eigenvalue weighted by atomic mass is 10.3. The van der Waals surface area contributed by atoms with E-state index in [1.165, 1.54) is 0 Å². The molecular weight excluding hydrogens is 380 g/mol. The van der Waals surface area contributed by atoms with E-state index in [1.54, 1.807) is 29.6 Å². The third-order valence-corrected chi connectivity index (χ3v) is 5.14. The number of rotatable bonds is 7. The van der Waals surface area contributed by atoms with Crippen LogP contribution in [0, 0.1) is 0 Å².